The summed E-state index contributed by atoms with van der Waals surface area (Å²) in [5, 5.41) is 0. The molecule has 2 rings (SSSR count). The maximum Gasteiger partial charge on any atom is 0.336 e. The van der Waals surface area contributed by atoms with Crippen molar-refractivity contribution in [1.82, 2.24) is 27.4 Å². The van der Waals surface area contributed by atoms with Crippen LogP contribution in [0.4, 0.5) is 0 Å². The molecule has 0 radical (unpaired) electrons. The van der Waals surface area contributed by atoms with Crippen LogP contribution in [-0.2, 0) is 39.3 Å². The van der Waals surface area contributed by atoms with Gasteiger partial charge in [0, 0.05) is 39.3 Å². The van der Waals surface area contributed by atoms with Crippen molar-refractivity contribution in [2.45, 2.75) is 80.8 Å². The van der Waals surface area contributed by atoms with Gasteiger partial charge in [-0.25, -0.2) is 56.2 Å². The molecule has 0 spiro atoms. The first kappa shape index (κ1) is 24.9. The van der Waals surface area contributed by atoms with Gasteiger partial charge >= 0.3 is 34.1 Å². The highest BCUT2D eigenvalue weighted by atomic mass is 16.2. The highest BCUT2D eigenvalue weighted by Gasteiger charge is 2.12. The summed E-state index contributed by atoms with van der Waals surface area (Å²) < 4.78 is 6.38. The van der Waals surface area contributed by atoms with E-state index in [1.54, 1.807) is 41.5 Å². The second-order valence-electron chi connectivity index (χ2n) is 6.16. The summed E-state index contributed by atoms with van der Waals surface area (Å²) in [6, 6.07) is 0. The molecule has 0 unspecified atom stereocenters. The van der Waals surface area contributed by atoms with Gasteiger partial charge in [-0.2, -0.15) is 0 Å². The minimum atomic E-state index is -0.528. The normalized spacial score (nSPS) is 10.6. The average Bonchev–Trinajstić information content (AvgIpc) is 2.70. The van der Waals surface area contributed by atoms with Gasteiger partial charge in [-0.3, -0.25) is 0 Å². The van der Waals surface area contributed by atoms with E-state index >= 15 is 0 Å². The Hall–Kier alpha value is -3.18. The number of hydrogen-bond acceptors (Lipinski definition) is 6. The van der Waals surface area contributed by atoms with Crippen LogP contribution in [0.2, 0.25) is 0 Å². The van der Waals surface area contributed by atoms with Crippen molar-refractivity contribution in [1.29, 1.82) is 0 Å². The average molecular weight is 426 g/mol. The summed E-state index contributed by atoms with van der Waals surface area (Å²) in [4.78, 5) is 69.9. The summed E-state index contributed by atoms with van der Waals surface area (Å²) in [5.74, 6) is 0. The number of aromatic nitrogens is 6. The Bertz CT molecular complexity index is 926. The van der Waals surface area contributed by atoms with Crippen LogP contribution < -0.4 is 34.1 Å². The molecule has 0 saturated carbocycles. The zero-order valence-electron chi connectivity index (χ0n) is 18.4. The third-order valence-corrected chi connectivity index (χ3v) is 4.67. The van der Waals surface area contributed by atoms with Crippen molar-refractivity contribution in [3.05, 3.63) is 62.9 Å². The minimum absolute atomic E-state index is 0.276. The largest absolute Gasteiger partial charge is 0.336 e. The lowest BCUT2D eigenvalue weighted by atomic mass is 10.6. The van der Waals surface area contributed by atoms with Gasteiger partial charge in [0.05, 0.1) is 0 Å². The van der Waals surface area contributed by atoms with Crippen molar-refractivity contribution in [3.8, 4) is 0 Å². The fraction of sp³-hybridized carbons (Fsp3) is 0.667. The van der Waals surface area contributed by atoms with Crippen LogP contribution in [0.25, 0.3) is 0 Å². The first-order valence-electron chi connectivity index (χ1n) is 10.0. The van der Waals surface area contributed by atoms with Crippen LogP contribution in [0.1, 0.15) is 41.5 Å². The van der Waals surface area contributed by atoms with Crippen molar-refractivity contribution in [2.75, 3.05) is 0 Å². The molecule has 0 saturated heterocycles. The Morgan fingerprint density at radius 1 is 0.333 bits per heavy atom. The molecule has 0 aromatic carbocycles. The van der Waals surface area contributed by atoms with Gasteiger partial charge < -0.3 is 0 Å². The fourth-order valence-corrected chi connectivity index (χ4v) is 2.99. The predicted octanol–water partition coefficient (Wildman–Crippen LogP) is -1.54. The van der Waals surface area contributed by atoms with Gasteiger partial charge in [0.2, 0.25) is 0 Å². The first-order chi connectivity index (χ1) is 14.2. The summed E-state index contributed by atoms with van der Waals surface area (Å²) in [6.07, 6.45) is 0. The monoisotopic (exact) mass is 426 g/mol. The Labute approximate surface area is 171 Å². The quantitative estimate of drug-likeness (QED) is 0.550. The van der Waals surface area contributed by atoms with Crippen LogP contribution in [0.15, 0.2) is 28.8 Å². The molecule has 2 aromatic heterocycles. The smallest absolute Gasteiger partial charge is 0.247 e. The van der Waals surface area contributed by atoms with E-state index in [0.29, 0.717) is 0 Å². The highest BCUT2D eigenvalue weighted by molar-refractivity contribution is 4.78. The summed E-state index contributed by atoms with van der Waals surface area (Å²) in [6.45, 7) is 11.9. The fourth-order valence-electron chi connectivity index (χ4n) is 2.99. The van der Waals surface area contributed by atoms with E-state index in [1.165, 1.54) is 0 Å². The van der Waals surface area contributed by atoms with E-state index in [4.69, 9.17) is 0 Å². The molecule has 0 N–H and O–H groups in total. The summed E-state index contributed by atoms with van der Waals surface area (Å²) in [7, 11) is 0. The Kier molecular flexibility index (Phi) is 8.75. The summed E-state index contributed by atoms with van der Waals surface area (Å²) in [5.41, 5.74) is -3.17. The highest BCUT2D eigenvalue weighted by Crippen LogP contribution is 1.76. The zero-order chi connectivity index (χ0) is 23.2. The molecule has 2 heterocycles. The lowest BCUT2D eigenvalue weighted by Gasteiger charge is -2.09. The molecule has 2 aromatic rings. The van der Waals surface area contributed by atoms with Gasteiger partial charge in [0.1, 0.15) is 0 Å². The number of rotatable bonds is 6. The SMILES string of the molecule is CCn1c(=O)n(CC)c(=O)n(CC)c1=O.CCn1c(=O)n(CC)c(=O)n(CC)c1=O. The van der Waals surface area contributed by atoms with Crippen LogP contribution in [-0.4, -0.2) is 27.4 Å². The molecule has 0 aliphatic rings. The van der Waals surface area contributed by atoms with E-state index in [-0.39, 0.29) is 39.3 Å². The van der Waals surface area contributed by atoms with Crippen molar-refractivity contribution >= 4 is 0 Å². The third kappa shape index (κ3) is 4.36. The molecule has 0 aliphatic carbocycles. The van der Waals surface area contributed by atoms with Crippen molar-refractivity contribution in [2.24, 2.45) is 0 Å². The standard InChI is InChI=1S/2C9H15N3O3/c2*1-4-10-7(13)11(5-2)9(15)12(6-3)8(10)14/h2*4-6H2,1-3H3. The maximum absolute atomic E-state index is 11.7. The third-order valence-electron chi connectivity index (χ3n) is 4.67. The maximum atomic E-state index is 11.7. The number of nitrogens with zero attached hydrogens (tertiary/aromatic N) is 6. The Morgan fingerprint density at radius 2 is 0.433 bits per heavy atom. The molecule has 168 valence electrons. The molecular weight excluding hydrogens is 396 g/mol. The predicted molar refractivity (Wildman–Crippen MR) is 112 cm³/mol. The molecule has 30 heavy (non-hydrogen) atoms. The first-order valence-corrected chi connectivity index (χ1v) is 10.0. The van der Waals surface area contributed by atoms with Crippen LogP contribution in [0.5, 0.6) is 0 Å². The lowest BCUT2D eigenvalue weighted by Crippen LogP contribution is -2.53. The summed E-state index contributed by atoms with van der Waals surface area (Å²) >= 11 is 0. The molecule has 0 amide bonds. The lowest BCUT2D eigenvalue weighted by molar-refractivity contribution is 0.471. The van der Waals surface area contributed by atoms with Crippen molar-refractivity contribution in [3.63, 3.8) is 0 Å². The van der Waals surface area contributed by atoms with Crippen molar-refractivity contribution < 1.29 is 0 Å². The van der Waals surface area contributed by atoms with E-state index in [2.05, 4.69) is 0 Å². The topological polar surface area (TPSA) is 132 Å². The van der Waals surface area contributed by atoms with Gasteiger partial charge in [0.25, 0.3) is 0 Å². The van der Waals surface area contributed by atoms with Gasteiger partial charge in [-0.1, -0.05) is 0 Å². The molecule has 0 aliphatic heterocycles. The van der Waals surface area contributed by atoms with Crippen LogP contribution in [0, 0.1) is 0 Å². The molecular formula is C18H30N6O6. The van der Waals surface area contributed by atoms with Gasteiger partial charge in [-0.15, -0.1) is 0 Å². The van der Waals surface area contributed by atoms with Gasteiger partial charge in [0.15, 0.2) is 0 Å². The minimum Gasteiger partial charge on any atom is -0.247 e. The second kappa shape index (κ2) is 10.6. The zero-order valence-corrected chi connectivity index (χ0v) is 18.4. The van der Waals surface area contributed by atoms with Gasteiger partial charge in [-0.05, 0) is 41.5 Å². The van der Waals surface area contributed by atoms with Crippen LogP contribution >= 0.6 is 0 Å². The molecule has 12 heteroatoms. The number of hydrogen-bond donors (Lipinski definition) is 0. The van der Waals surface area contributed by atoms with E-state index in [9.17, 15) is 28.8 Å². The Balaban J connectivity index is 0.000000300. The van der Waals surface area contributed by atoms with E-state index in [0.717, 1.165) is 27.4 Å². The van der Waals surface area contributed by atoms with E-state index < -0.39 is 34.1 Å². The molecule has 0 bridgehead atoms. The molecule has 0 atom stereocenters. The Morgan fingerprint density at radius 3 is 0.500 bits per heavy atom. The molecule has 12 nitrogen and oxygen atoms in total. The molecule has 0 fully saturated rings. The second-order valence-corrected chi connectivity index (χ2v) is 6.16. The van der Waals surface area contributed by atoms with E-state index in [1.807, 2.05) is 0 Å². The van der Waals surface area contributed by atoms with Crippen LogP contribution in [0.3, 0.4) is 0 Å².